The first-order valence-electron chi connectivity index (χ1n) is 17.4. The third-order valence-electron chi connectivity index (χ3n) is 14.3. The highest BCUT2D eigenvalue weighted by atomic mass is 16.7. The number of carbonyl (C=O) groups is 2. The standard InChI is InChI=1S/C36H56O11/c1-31(2)17-9-10-22-33(5)14-19(38)28(35(7)12-11-24(47-35)32(3,4)44)34(33,6)15-23(39)36(22,8)18(17)13-20(29(31)43)45-30-27(42)26(41)25(40)21(16-37)46-30/h9,18-22,24-28,30,37-38,40-42,44H,10-16H2,1-8H3/t18?,19-,20+,21-,22?,24?,25-,26+,27-,28?,30-,33+,34-,35?,36+/m1/s1. The molecule has 2 saturated heterocycles. The molecule has 5 fully saturated rings. The first-order chi connectivity index (χ1) is 21.6. The van der Waals surface area contributed by atoms with Crippen molar-refractivity contribution in [3.63, 3.8) is 0 Å². The molecule has 6 rings (SSSR count). The van der Waals surface area contributed by atoms with Crippen molar-refractivity contribution in [2.24, 2.45) is 39.4 Å². The van der Waals surface area contributed by atoms with Gasteiger partial charge in [0.1, 0.15) is 36.3 Å². The van der Waals surface area contributed by atoms with Gasteiger partial charge in [-0.2, -0.15) is 0 Å². The number of aliphatic hydroxyl groups excluding tert-OH is 5. The molecule has 47 heavy (non-hydrogen) atoms. The van der Waals surface area contributed by atoms with Gasteiger partial charge in [-0.3, -0.25) is 9.59 Å². The van der Waals surface area contributed by atoms with E-state index in [-0.39, 0.29) is 48.3 Å². The predicted molar refractivity (Wildman–Crippen MR) is 169 cm³/mol. The number of carbonyl (C=O) groups excluding carboxylic acids is 2. The zero-order valence-electron chi connectivity index (χ0n) is 29.1. The zero-order valence-corrected chi connectivity index (χ0v) is 29.1. The largest absolute Gasteiger partial charge is 0.394 e. The molecule has 0 radical (unpaired) electrons. The molecule has 2 aliphatic heterocycles. The van der Waals surface area contributed by atoms with Gasteiger partial charge in [0.05, 0.1) is 30.0 Å². The van der Waals surface area contributed by atoms with Crippen molar-refractivity contribution >= 4 is 11.6 Å². The number of Topliss-reactive ketones (excluding diaryl/α,β-unsaturated/α-hetero) is 2. The second-order valence-corrected chi connectivity index (χ2v) is 17.6. The fourth-order valence-electron chi connectivity index (χ4n) is 11.5. The summed E-state index contributed by atoms with van der Waals surface area (Å²) >= 11 is 0. The highest BCUT2D eigenvalue weighted by molar-refractivity contribution is 5.94. The molecule has 2 heterocycles. The van der Waals surface area contributed by atoms with Gasteiger partial charge in [0.25, 0.3) is 0 Å². The van der Waals surface area contributed by atoms with E-state index in [1.807, 2.05) is 27.7 Å². The molecule has 4 aliphatic carbocycles. The Kier molecular flexibility index (Phi) is 8.40. The Morgan fingerprint density at radius 2 is 1.64 bits per heavy atom. The summed E-state index contributed by atoms with van der Waals surface area (Å²) in [7, 11) is 0. The molecule has 15 atom stereocenters. The molecule has 3 saturated carbocycles. The maximum absolute atomic E-state index is 14.8. The van der Waals surface area contributed by atoms with Crippen molar-refractivity contribution < 1.29 is 54.4 Å². The minimum absolute atomic E-state index is 0.0783. The highest BCUT2D eigenvalue weighted by Gasteiger charge is 2.75. The molecular formula is C36H56O11. The quantitative estimate of drug-likeness (QED) is 0.236. The normalized spacial score (nSPS) is 52.9. The Hall–Kier alpha value is -1.28. The number of aliphatic hydroxyl groups is 6. The summed E-state index contributed by atoms with van der Waals surface area (Å²) in [5.74, 6) is -0.997. The van der Waals surface area contributed by atoms with E-state index in [0.717, 1.165) is 5.57 Å². The summed E-state index contributed by atoms with van der Waals surface area (Å²) in [6.07, 6.45) is -4.72. The highest BCUT2D eigenvalue weighted by Crippen LogP contribution is 2.75. The van der Waals surface area contributed by atoms with Crippen molar-refractivity contribution in [2.75, 3.05) is 6.61 Å². The monoisotopic (exact) mass is 664 g/mol. The first-order valence-corrected chi connectivity index (χ1v) is 17.4. The molecule has 5 unspecified atom stereocenters. The van der Waals surface area contributed by atoms with E-state index in [0.29, 0.717) is 25.7 Å². The smallest absolute Gasteiger partial charge is 0.187 e. The molecule has 6 N–H and O–H groups in total. The molecule has 0 bridgehead atoms. The lowest BCUT2D eigenvalue weighted by Crippen LogP contribution is -2.65. The van der Waals surface area contributed by atoms with E-state index < -0.39 is 82.4 Å². The van der Waals surface area contributed by atoms with Crippen LogP contribution in [0.15, 0.2) is 11.6 Å². The summed E-state index contributed by atoms with van der Waals surface area (Å²) < 4.78 is 18.3. The van der Waals surface area contributed by atoms with Gasteiger partial charge in [0.2, 0.25) is 0 Å². The Labute approximate surface area is 277 Å². The van der Waals surface area contributed by atoms with Gasteiger partial charge >= 0.3 is 0 Å². The Morgan fingerprint density at radius 3 is 2.23 bits per heavy atom. The third-order valence-corrected chi connectivity index (χ3v) is 14.3. The molecule has 6 aliphatic rings. The van der Waals surface area contributed by atoms with Crippen molar-refractivity contribution in [3.8, 4) is 0 Å². The number of ketones is 2. The first kappa shape index (κ1) is 35.5. The number of rotatable bonds is 5. The van der Waals surface area contributed by atoms with Crippen LogP contribution in [0.25, 0.3) is 0 Å². The summed E-state index contributed by atoms with van der Waals surface area (Å²) in [6.45, 7) is 14.9. The predicted octanol–water partition coefficient (Wildman–Crippen LogP) is 1.81. The summed E-state index contributed by atoms with van der Waals surface area (Å²) in [6, 6.07) is 0. The Balaban J connectivity index is 1.34. The minimum atomic E-state index is -1.65. The van der Waals surface area contributed by atoms with Crippen molar-refractivity contribution in [3.05, 3.63) is 11.6 Å². The third kappa shape index (κ3) is 4.85. The van der Waals surface area contributed by atoms with Gasteiger partial charge in [0.15, 0.2) is 12.1 Å². The Morgan fingerprint density at radius 1 is 0.979 bits per heavy atom. The molecular weight excluding hydrogens is 608 g/mol. The van der Waals surface area contributed by atoms with E-state index in [1.165, 1.54) is 0 Å². The van der Waals surface area contributed by atoms with Gasteiger partial charge in [-0.05, 0) is 89.4 Å². The minimum Gasteiger partial charge on any atom is -0.394 e. The lowest BCUT2D eigenvalue weighted by atomic mass is 9.38. The van der Waals surface area contributed by atoms with E-state index in [4.69, 9.17) is 14.2 Å². The summed E-state index contributed by atoms with van der Waals surface area (Å²) in [4.78, 5) is 28.8. The van der Waals surface area contributed by atoms with Crippen LogP contribution in [0.3, 0.4) is 0 Å². The molecule has 0 aromatic carbocycles. The van der Waals surface area contributed by atoms with Crippen LogP contribution in [0.4, 0.5) is 0 Å². The molecule has 266 valence electrons. The molecule has 0 aromatic rings. The van der Waals surface area contributed by atoms with E-state index in [1.54, 1.807) is 13.8 Å². The maximum atomic E-state index is 14.8. The van der Waals surface area contributed by atoms with Crippen LogP contribution >= 0.6 is 0 Å². The number of hydrogen-bond donors (Lipinski definition) is 6. The summed E-state index contributed by atoms with van der Waals surface area (Å²) in [5, 5.41) is 63.6. The maximum Gasteiger partial charge on any atom is 0.187 e. The summed E-state index contributed by atoms with van der Waals surface area (Å²) in [5.41, 5.74) is -3.78. The lowest BCUT2D eigenvalue weighted by Gasteiger charge is -2.64. The second kappa shape index (κ2) is 11.1. The zero-order chi connectivity index (χ0) is 34.9. The number of hydrogen-bond acceptors (Lipinski definition) is 11. The average molecular weight is 665 g/mol. The van der Waals surface area contributed by atoms with Crippen LogP contribution in [-0.4, -0.2) is 109 Å². The fraction of sp³-hybridized carbons (Fsp3) is 0.889. The van der Waals surface area contributed by atoms with Gasteiger partial charge in [-0.1, -0.05) is 32.4 Å². The molecule has 11 heteroatoms. The van der Waals surface area contributed by atoms with Crippen LogP contribution < -0.4 is 0 Å². The van der Waals surface area contributed by atoms with Gasteiger partial charge in [0, 0.05) is 23.2 Å². The van der Waals surface area contributed by atoms with Crippen LogP contribution in [0.2, 0.25) is 0 Å². The van der Waals surface area contributed by atoms with Crippen LogP contribution in [0.1, 0.15) is 93.9 Å². The van der Waals surface area contributed by atoms with Crippen LogP contribution in [0.5, 0.6) is 0 Å². The van der Waals surface area contributed by atoms with Crippen molar-refractivity contribution in [1.82, 2.24) is 0 Å². The van der Waals surface area contributed by atoms with Gasteiger partial charge in [-0.15, -0.1) is 0 Å². The molecule has 0 amide bonds. The molecule has 0 aromatic heterocycles. The fourth-order valence-corrected chi connectivity index (χ4v) is 11.5. The number of fused-ring (bicyclic) bond motifs is 5. The van der Waals surface area contributed by atoms with E-state index in [2.05, 4.69) is 19.9 Å². The van der Waals surface area contributed by atoms with E-state index >= 15 is 0 Å². The van der Waals surface area contributed by atoms with Crippen molar-refractivity contribution in [1.29, 1.82) is 0 Å². The number of allylic oxidation sites excluding steroid dienone is 2. The number of ether oxygens (including phenoxy) is 3. The van der Waals surface area contributed by atoms with E-state index in [9.17, 15) is 40.2 Å². The van der Waals surface area contributed by atoms with Crippen molar-refractivity contribution in [2.45, 2.75) is 154 Å². The topological polar surface area (TPSA) is 183 Å². The molecule has 11 nitrogen and oxygen atoms in total. The second-order valence-electron chi connectivity index (χ2n) is 17.6. The lowest BCUT2D eigenvalue weighted by molar-refractivity contribution is -0.311. The Bertz CT molecular complexity index is 1320. The van der Waals surface area contributed by atoms with Crippen LogP contribution in [0, 0.1) is 39.4 Å². The van der Waals surface area contributed by atoms with Gasteiger partial charge in [-0.25, -0.2) is 0 Å². The van der Waals surface area contributed by atoms with Crippen LogP contribution in [-0.2, 0) is 23.8 Å². The molecule has 0 spiro atoms. The average Bonchev–Trinajstić information content (AvgIpc) is 3.47. The van der Waals surface area contributed by atoms with Gasteiger partial charge < -0.3 is 44.8 Å². The SMILES string of the molecule is CC1(C)C(=O)[C@@H](O[C@@H]2O[C@H](CO)[C@@H](O)[C@H](O)[C@H]2O)CC2C1=CCC1[C@@]2(C)C(=O)C[C@]2(C)C(C3(C)CCC(C(C)(C)O)O3)[C@H](O)C[C@@]12C.